The molecule has 4 nitrogen and oxygen atoms in total. The van der Waals surface area contributed by atoms with E-state index in [4.69, 9.17) is 9.16 Å². The predicted octanol–water partition coefficient (Wildman–Crippen LogP) is 5.77. The normalized spacial score (nSPS) is 12.5. The molecule has 146 valence electrons. The highest BCUT2D eigenvalue weighted by molar-refractivity contribution is 6.75. The molecule has 5 heteroatoms. The van der Waals surface area contributed by atoms with Crippen molar-refractivity contribution in [2.24, 2.45) is 0 Å². The van der Waals surface area contributed by atoms with Crippen LogP contribution in [0.2, 0.25) is 18.1 Å². The molecule has 0 saturated carbocycles. The summed E-state index contributed by atoms with van der Waals surface area (Å²) < 4.78 is 11.5. The van der Waals surface area contributed by atoms with E-state index < -0.39 is 20.4 Å². The fraction of sp³-hybridized carbons (Fsp3) is 0.800. The molecule has 0 spiro atoms. The number of rotatable bonds is 14. The lowest BCUT2D eigenvalue weighted by molar-refractivity contribution is -0.160. The van der Waals surface area contributed by atoms with Gasteiger partial charge in [-0.3, -0.25) is 0 Å². The molecule has 0 heterocycles. The van der Waals surface area contributed by atoms with Crippen LogP contribution in [0.15, 0.2) is 12.2 Å². The second-order valence-electron chi connectivity index (χ2n) is 7.00. The van der Waals surface area contributed by atoms with Gasteiger partial charge < -0.3 is 9.16 Å². The van der Waals surface area contributed by atoms with E-state index in [0.717, 1.165) is 56.7 Å². The van der Waals surface area contributed by atoms with Crippen molar-refractivity contribution in [2.75, 3.05) is 0 Å². The summed E-state index contributed by atoms with van der Waals surface area (Å²) in [4.78, 5) is 24.5. The zero-order chi connectivity index (χ0) is 19.3. The molecule has 1 unspecified atom stereocenters. The van der Waals surface area contributed by atoms with Crippen LogP contribution in [0, 0.1) is 0 Å². The molecule has 0 aliphatic rings. The third kappa shape index (κ3) is 9.24. The van der Waals surface area contributed by atoms with Gasteiger partial charge in [0.15, 0.2) is 6.10 Å². The first-order valence-electron chi connectivity index (χ1n) is 9.95. The largest absolute Gasteiger partial charge is 0.516 e. The Morgan fingerprint density at radius 2 is 1.36 bits per heavy atom. The zero-order valence-electron chi connectivity index (χ0n) is 17.0. The van der Waals surface area contributed by atoms with E-state index in [1.165, 1.54) is 0 Å². The van der Waals surface area contributed by atoms with Crippen LogP contribution in [0.25, 0.3) is 0 Å². The maximum atomic E-state index is 12.7. The van der Waals surface area contributed by atoms with Crippen LogP contribution in [0.4, 0.5) is 0 Å². The van der Waals surface area contributed by atoms with Gasteiger partial charge in [-0.25, -0.2) is 9.59 Å². The maximum absolute atomic E-state index is 12.7. The van der Waals surface area contributed by atoms with Gasteiger partial charge in [0.25, 0.3) is 8.32 Å². The summed E-state index contributed by atoms with van der Waals surface area (Å²) in [6.07, 6.45) is 6.20. The van der Waals surface area contributed by atoms with Crippen LogP contribution in [0.3, 0.4) is 0 Å². The van der Waals surface area contributed by atoms with Crippen LogP contribution < -0.4 is 0 Å². The molecule has 0 bridgehead atoms. The van der Waals surface area contributed by atoms with Crippen molar-refractivity contribution in [2.45, 2.75) is 104 Å². The SMILES string of the molecule is C=C(C)C(=O)OC(CC)C(=O)O[Si](CCCC)(CCCC)CCCC. The number of hydrogen-bond donors (Lipinski definition) is 0. The molecule has 0 radical (unpaired) electrons. The molecule has 0 N–H and O–H groups in total. The van der Waals surface area contributed by atoms with Gasteiger partial charge in [0, 0.05) is 5.57 Å². The first-order chi connectivity index (χ1) is 11.9. The van der Waals surface area contributed by atoms with Crippen molar-refractivity contribution < 1.29 is 18.8 Å². The standard InChI is InChI=1S/C20H38O4Si/c1-7-11-14-25(15-12-8-2,16-13-9-3)24-20(22)18(10-4)23-19(21)17(5)6/h18H,5,7-16H2,1-4,6H3. The average Bonchev–Trinajstić information content (AvgIpc) is 2.60. The van der Waals surface area contributed by atoms with Crippen molar-refractivity contribution in [3.63, 3.8) is 0 Å². The van der Waals surface area contributed by atoms with E-state index in [-0.39, 0.29) is 5.97 Å². The third-order valence-corrected chi connectivity index (χ3v) is 8.93. The molecule has 0 aromatic carbocycles. The molecular weight excluding hydrogens is 332 g/mol. The van der Waals surface area contributed by atoms with Crippen molar-refractivity contribution in [1.82, 2.24) is 0 Å². The molecule has 0 aliphatic carbocycles. The second kappa shape index (κ2) is 13.1. The van der Waals surface area contributed by atoms with E-state index in [1.54, 1.807) is 6.92 Å². The predicted molar refractivity (Wildman–Crippen MR) is 106 cm³/mol. The maximum Gasteiger partial charge on any atom is 0.334 e. The van der Waals surface area contributed by atoms with E-state index in [9.17, 15) is 9.59 Å². The van der Waals surface area contributed by atoms with Gasteiger partial charge in [-0.2, -0.15) is 0 Å². The summed E-state index contributed by atoms with van der Waals surface area (Å²) in [7, 11) is -2.14. The molecule has 0 amide bonds. The summed E-state index contributed by atoms with van der Waals surface area (Å²) in [6.45, 7) is 13.5. The lowest BCUT2D eigenvalue weighted by Crippen LogP contribution is -2.44. The summed E-state index contributed by atoms with van der Waals surface area (Å²) in [5, 5.41) is 0. The van der Waals surface area contributed by atoms with Gasteiger partial charge in [0.05, 0.1) is 0 Å². The minimum absolute atomic E-state index is 0.303. The Hall–Kier alpha value is -1.10. The Morgan fingerprint density at radius 1 is 0.920 bits per heavy atom. The van der Waals surface area contributed by atoms with Crippen molar-refractivity contribution in [1.29, 1.82) is 0 Å². The lowest BCUT2D eigenvalue weighted by Gasteiger charge is -2.32. The van der Waals surface area contributed by atoms with Gasteiger partial charge in [-0.15, -0.1) is 0 Å². The van der Waals surface area contributed by atoms with Crippen LogP contribution in [-0.2, 0) is 18.8 Å². The van der Waals surface area contributed by atoms with Gasteiger partial charge in [-0.1, -0.05) is 72.8 Å². The zero-order valence-corrected chi connectivity index (χ0v) is 18.0. The first-order valence-corrected chi connectivity index (χ1v) is 12.5. The summed E-state index contributed by atoms with van der Waals surface area (Å²) >= 11 is 0. The highest BCUT2D eigenvalue weighted by Gasteiger charge is 2.39. The fourth-order valence-electron chi connectivity index (χ4n) is 2.83. The topological polar surface area (TPSA) is 52.6 Å². The number of ether oxygens (including phenoxy) is 1. The fourth-order valence-corrected chi connectivity index (χ4v) is 7.44. The number of carbonyl (C=O) groups is 2. The van der Waals surface area contributed by atoms with Crippen LogP contribution in [0.5, 0.6) is 0 Å². The molecule has 25 heavy (non-hydrogen) atoms. The number of carbonyl (C=O) groups excluding carboxylic acids is 2. The van der Waals surface area contributed by atoms with Crippen LogP contribution in [0.1, 0.15) is 79.6 Å². The highest BCUT2D eigenvalue weighted by atomic mass is 28.4. The van der Waals surface area contributed by atoms with Crippen LogP contribution in [-0.4, -0.2) is 26.4 Å². The summed E-state index contributed by atoms with van der Waals surface area (Å²) in [5.41, 5.74) is 0.303. The van der Waals surface area contributed by atoms with Gasteiger partial charge in [0.2, 0.25) is 0 Å². The smallest absolute Gasteiger partial charge is 0.334 e. The van der Waals surface area contributed by atoms with E-state index in [1.807, 2.05) is 6.92 Å². The lowest BCUT2D eigenvalue weighted by atomic mass is 10.3. The van der Waals surface area contributed by atoms with Gasteiger partial charge in [-0.05, 0) is 31.5 Å². The Bertz CT molecular complexity index is 398. The minimum atomic E-state index is -2.14. The monoisotopic (exact) mass is 370 g/mol. The molecule has 0 fully saturated rings. The molecule has 0 aliphatic heterocycles. The van der Waals surface area contributed by atoms with E-state index in [2.05, 4.69) is 27.4 Å². The highest BCUT2D eigenvalue weighted by Crippen LogP contribution is 2.30. The quantitative estimate of drug-likeness (QED) is 0.221. The third-order valence-electron chi connectivity index (χ3n) is 4.51. The molecule has 0 aromatic heterocycles. The van der Waals surface area contributed by atoms with E-state index >= 15 is 0 Å². The van der Waals surface area contributed by atoms with Crippen molar-refractivity contribution >= 4 is 20.3 Å². The Balaban J connectivity index is 5.21. The van der Waals surface area contributed by atoms with Crippen molar-refractivity contribution in [3.05, 3.63) is 12.2 Å². The number of hydrogen-bond acceptors (Lipinski definition) is 4. The molecule has 0 saturated heterocycles. The van der Waals surface area contributed by atoms with Crippen LogP contribution >= 0.6 is 0 Å². The van der Waals surface area contributed by atoms with Gasteiger partial charge in [0.1, 0.15) is 0 Å². The second-order valence-corrected chi connectivity index (χ2v) is 11.1. The minimum Gasteiger partial charge on any atom is -0.516 e. The molecule has 0 aromatic rings. The number of unbranched alkanes of at least 4 members (excludes halogenated alkanes) is 3. The molecule has 1 atom stereocenters. The summed E-state index contributed by atoms with van der Waals surface area (Å²) in [6, 6.07) is 3.04. The van der Waals surface area contributed by atoms with Crippen molar-refractivity contribution in [3.8, 4) is 0 Å². The Morgan fingerprint density at radius 3 is 1.68 bits per heavy atom. The van der Waals surface area contributed by atoms with E-state index in [0.29, 0.717) is 12.0 Å². The summed E-state index contributed by atoms with van der Waals surface area (Å²) in [5.74, 6) is -0.876. The Labute approximate surface area is 155 Å². The Kier molecular flexibility index (Phi) is 12.6. The average molecular weight is 371 g/mol. The molecular formula is C20H38O4Si. The number of esters is 1. The first kappa shape index (κ1) is 23.9. The molecule has 0 rings (SSSR count). The van der Waals surface area contributed by atoms with Gasteiger partial charge >= 0.3 is 11.9 Å².